The summed E-state index contributed by atoms with van der Waals surface area (Å²) in [5, 5.41) is 10.6. The summed E-state index contributed by atoms with van der Waals surface area (Å²) in [6, 6.07) is 2.07. The smallest absolute Gasteiger partial charge is 0.176 e. The molecule has 0 amide bonds. The molecular formula is C11H12IN3O2. The normalized spacial score (nSPS) is 16.6. The number of halogens is 1. The number of anilines is 1. The van der Waals surface area contributed by atoms with Crippen LogP contribution in [0.2, 0.25) is 0 Å². The van der Waals surface area contributed by atoms with Crippen molar-refractivity contribution >= 4 is 39.3 Å². The zero-order chi connectivity index (χ0) is 11.8. The van der Waals surface area contributed by atoms with E-state index in [-0.39, 0.29) is 0 Å². The van der Waals surface area contributed by atoms with Gasteiger partial charge in [0.2, 0.25) is 0 Å². The van der Waals surface area contributed by atoms with Crippen LogP contribution in [0.25, 0.3) is 11.0 Å². The third-order valence-electron chi connectivity index (χ3n) is 2.94. The van der Waals surface area contributed by atoms with Crippen LogP contribution in [0.3, 0.4) is 0 Å². The summed E-state index contributed by atoms with van der Waals surface area (Å²) in [5.74, 6) is 0. The third-order valence-corrected chi connectivity index (χ3v) is 3.80. The molecule has 0 radical (unpaired) electrons. The first kappa shape index (κ1) is 11.1. The van der Waals surface area contributed by atoms with E-state index >= 15 is 0 Å². The minimum Gasteiger partial charge on any atom is -0.427 e. The number of aromatic nitrogens is 2. The van der Waals surface area contributed by atoms with E-state index in [4.69, 9.17) is 4.74 Å². The van der Waals surface area contributed by atoms with Crippen molar-refractivity contribution in [3.05, 3.63) is 22.0 Å². The Morgan fingerprint density at radius 2 is 2.12 bits per heavy atom. The molecule has 0 saturated carbocycles. The molecule has 0 aromatic carbocycles. The molecular weight excluding hydrogens is 333 g/mol. The predicted octanol–water partition coefficient (Wildman–Crippen LogP) is 1.71. The van der Waals surface area contributed by atoms with E-state index in [9.17, 15) is 5.21 Å². The summed E-state index contributed by atoms with van der Waals surface area (Å²) in [4.78, 5) is 6.55. The molecule has 2 aromatic heterocycles. The first-order valence-electron chi connectivity index (χ1n) is 5.44. The Bertz CT molecular complexity index is 549. The predicted molar refractivity (Wildman–Crippen MR) is 72.7 cm³/mol. The van der Waals surface area contributed by atoms with Crippen LogP contribution in [-0.4, -0.2) is 41.2 Å². The lowest BCUT2D eigenvalue weighted by Gasteiger charge is -2.28. The zero-order valence-corrected chi connectivity index (χ0v) is 11.3. The van der Waals surface area contributed by atoms with Crippen molar-refractivity contribution in [2.75, 3.05) is 31.2 Å². The second kappa shape index (κ2) is 4.34. The molecule has 90 valence electrons. The van der Waals surface area contributed by atoms with Gasteiger partial charge in [0.05, 0.1) is 31.3 Å². The standard InChI is InChI=1S/C11H12IN3O2/c12-10-7-15(16)11-9(10)5-8(6-13-11)14-1-3-17-4-2-14/h5-7,16H,1-4H2. The van der Waals surface area contributed by atoms with Gasteiger partial charge in [-0.1, -0.05) is 0 Å². The van der Waals surface area contributed by atoms with Crippen molar-refractivity contribution in [2.45, 2.75) is 0 Å². The van der Waals surface area contributed by atoms with Gasteiger partial charge in [0.15, 0.2) is 5.65 Å². The molecule has 0 bridgehead atoms. The highest BCUT2D eigenvalue weighted by Gasteiger charge is 2.14. The lowest BCUT2D eigenvalue weighted by molar-refractivity contribution is 0.122. The van der Waals surface area contributed by atoms with Gasteiger partial charge in [-0.05, 0) is 28.7 Å². The molecule has 0 spiro atoms. The van der Waals surface area contributed by atoms with Crippen molar-refractivity contribution in [2.24, 2.45) is 0 Å². The molecule has 1 N–H and O–H groups in total. The van der Waals surface area contributed by atoms with Crippen LogP contribution >= 0.6 is 22.6 Å². The van der Waals surface area contributed by atoms with E-state index in [1.165, 1.54) is 0 Å². The fraction of sp³-hybridized carbons (Fsp3) is 0.364. The summed E-state index contributed by atoms with van der Waals surface area (Å²) in [6.07, 6.45) is 3.47. The number of hydrogen-bond donors (Lipinski definition) is 1. The van der Waals surface area contributed by atoms with Gasteiger partial charge in [0.1, 0.15) is 0 Å². The first-order chi connectivity index (χ1) is 8.25. The topological polar surface area (TPSA) is 50.5 Å². The summed E-state index contributed by atoms with van der Waals surface area (Å²) >= 11 is 2.20. The Morgan fingerprint density at radius 3 is 2.88 bits per heavy atom. The number of rotatable bonds is 1. The van der Waals surface area contributed by atoms with E-state index in [1.54, 1.807) is 12.4 Å². The highest BCUT2D eigenvalue weighted by molar-refractivity contribution is 14.1. The zero-order valence-electron chi connectivity index (χ0n) is 9.14. The van der Waals surface area contributed by atoms with Gasteiger partial charge in [-0.3, -0.25) is 0 Å². The number of fused-ring (bicyclic) bond motifs is 1. The Balaban J connectivity index is 2.03. The Labute approximate surface area is 112 Å². The number of ether oxygens (including phenoxy) is 1. The van der Waals surface area contributed by atoms with Gasteiger partial charge in [-0.2, -0.15) is 4.73 Å². The van der Waals surface area contributed by atoms with E-state index in [0.29, 0.717) is 5.65 Å². The highest BCUT2D eigenvalue weighted by atomic mass is 127. The van der Waals surface area contributed by atoms with Crippen LogP contribution in [-0.2, 0) is 4.74 Å². The SMILES string of the molecule is On1cc(I)c2cc(N3CCOCC3)cnc21. The molecule has 6 heteroatoms. The van der Waals surface area contributed by atoms with Crippen molar-refractivity contribution in [3.8, 4) is 0 Å². The third kappa shape index (κ3) is 1.95. The quantitative estimate of drug-likeness (QED) is 0.632. The molecule has 1 saturated heterocycles. The monoisotopic (exact) mass is 345 g/mol. The summed E-state index contributed by atoms with van der Waals surface area (Å²) in [6.45, 7) is 3.31. The first-order valence-corrected chi connectivity index (χ1v) is 6.52. The largest absolute Gasteiger partial charge is 0.427 e. The molecule has 3 rings (SSSR count). The van der Waals surface area contributed by atoms with E-state index in [1.807, 2.05) is 0 Å². The molecule has 2 aromatic rings. The molecule has 1 aliphatic heterocycles. The molecule has 0 aliphatic carbocycles. The molecule has 17 heavy (non-hydrogen) atoms. The molecule has 0 atom stereocenters. The van der Waals surface area contributed by atoms with Gasteiger partial charge in [0, 0.05) is 22.0 Å². The fourth-order valence-electron chi connectivity index (χ4n) is 2.04. The lowest BCUT2D eigenvalue weighted by Crippen LogP contribution is -2.36. The van der Waals surface area contributed by atoms with Crippen molar-refractivity contribution in [1.29, 1.82) is 0 Å². The number of morpholine rings is 1. The Hall–Kier alpha value is -1.02. The van der Waals surface area contributed by atoms with Crippen LogP contribution in [0.15, 0.2) is 18.5 Å². The summed E-state index contributed by atoms with van der Waals surface area (Å²) in [5.41, 5.74) is 1.69. The average molecular weight is 345 g/mol. The average Bonchev–Trinajstić information content (AvgIpc) is 2.66. The molecule has 1 aliphatic rings. The van der Waals surface area contributed by atoms with Crippen LogP contribution in [0, 0.1) is 3.57 Å². The van der Waals surface area contributed by atoms with Gasteiger partial charge < -0.3 is 14.8 Å². The highest BCUT2D eigenvalue weighted by Crippen LogP contribution is 2.25. The Morgan fingerprint density at radius 1 is 1.35 bits per heavy atom. The summed E-state index contributed by atoms with van der Waals surface area (Å²) in [7, 11) is 0. The van der Waals surface area contributed by atoms with Crippen molar-refractivity contribution in [1.82, 2.24) is 9.71 Å². The molecule has 5 nitrogen and oxygen atoms in total. The Kier molecular flexibility index (Phi) is 2.83. The van der Waals surface area contributed by atoms with Gasteiger partial charge in [0.25, 0.3) is 0 Å². The maximum Gasteiger partial charge on any atom is 0.176 e. The van der Waals surface area contributed by atoms with Crippen LogP contribution in [0.1, 0.15) is 0 Å². The minimum atomic E-state index is 0.603. The number of hydrogen-bond acceptors (Lipinski definition) is 4. The maximum atomic E-state index is 9.61. The number of nitrogens with zero attached hydrogens (tertiary/aromatic N) is 3. The van der Waals surface area contributed by atoms with E-state index < -0.39 is 0 Å². The molecule has 1 fully saturated rings. The second-order valence-electron chi connectivity index (χ2n) is 3.99. The van der Waals surface area contributed by atoms with Crippen LogP contribution in [0.4, 0.5) is 5.69 Å². The van der Waals surface area contributed by atoms with Gasteiger partial charge in [-0.25, -0.2) is 4.98 Å². The van der Waals surface area contributed by atoms with Gasteiger partial charge >= 0.3 is 0 Å². The second-order valence-corrected chi connectivity index (χ2v) is 5.15. The van der Waals surface area contributed by atoms with E-state index in [2.05, 4.69) is 38.5 Å². The van der Waals surface area contributed by atoms with Crippen LogP contribution < -0.4 is 4.90 Å². The van der Waals surface area contributed by atoms with Crippen LogP contribution in [0.5, 0.6) is 0 Å². The fourth-order valence-corrected chi connectivity index (χ4v) is 2.70. The van der Waals surface area contributed by atoms with Crippen molar-refractivity contribution in [3.63, 3.8) is 0 Å². The summed E-state index contributed by atoms with van der Waals surface area (Å²) < 4.78 is 7.40. The van der Waals surface area contributed by atoms with E-state index in [0.717, 1.165) is 45.7 Å². The lowest BCUT2D eigenvalue weighted by atomic mass is 10.3. The van der Waals surface area contributed by atoms with Gasteiger partial charge in [-0.15, -0.1) is 0 Å². The minimum absolute atomic E-state index is 0.603. The molecule has 0 unspecified atom stereocenters. The number of pyridine rings is 1. The maximum absolute atomic E-state index is 9.61. The molecule has 3 heterocycles. The van der Waals surface area contributed by atoms with Crippen molar-refractivity contribution < 1.29 is 9.94 Å².